The van der Waals surface area contributed by atoms with Crippen LogP contribution in [0, 0.1) is 19.8 Å². The molecule has 6 nitrogen and oxygen atoms in total. The Balaban J connectivity index is 2.19. The van der Waals surface area contributed by atoms with Crippen LogP contribution in [0.4, 0.5) is 11.4 Å². The highest BCUT2D eigenvalue weighted by Gasteiger charge is 2.32. The van der Waals surface area contributed by atoms with Gasteiger partial charge in [-0.2, -0.15) is 9.78 Å². The van der Waals surface area contributed by atoms with Crippen molar-refractivity contribution in [2.45, 2.75) is 87.0 Å². The molecule has 0 N–H and O–H groups in total. The first-order chi connectivity index (χ1) is 16.3. The van der Waals surface area contributed by atoms with E-state index >= 15 is 0 Å². The third kappa shape index (κ3) is 5.01. The molecule has 0 spiro atoms. The van der Waals surface area contributed by atoms with Crippen molar-refractivity contribution in [3.63, 3.8) is 0 Å². The van der Waals surface area contributed by atoms with Crippen molar-refractivity contribution in [1.29, 1.82) is 0 Å². The molecule has 1 unspecified atom stereocenters. The van der Waals surface area contributed by atoms with E-state index in [0.29, 0.717) is 11.4 Å². The van der Waals surface area contributed by atoms with E-state index in [1.807, 2.05) is 6.92 Å². The number of aryl methyl sites for hydroxylation is 1. The molecular weight excluding hydrogens is 422 g/mol. The summed E-state index contributed by atoms with van der Waals surface area (Å²) in [6.07, 6.45) is 4.24. The number of anilines is 1. The zero-order chi connectivity index (χ0) is 25.0. The number of benzene rings is 1. The maximum absolute atomic E-state index is 13.3. The second-order valence-electron chi connectivity index (χ2n) is 9.55. The number of aromatic nitrogens is 2. The molecule has 1 aromatic heterocycles. The lowest BCUT2D eigenvalue weighted by Gasteiger charge is -2.22. The minimum absolute atomic E-state index is 0.0876. The highest BCUT2D eigenvalue weighted by Crippen LogP contribution is 2.29. The van der Waals surface area contributed by atoms with E-state index in [1.54, 1.807) is 0 Å². The van der Waals surface area contributed by atoms with Gasteiger partial charge in [-0.25, -0.2) is 9.98 Å². The molecule has 0 aliphatic carbocycles. The fourth-order valence-electron chi connectivity index (χ4n) is 4.73. The van der Waals surface area contributed by atoms with Crippen molar-refractivity contribution in [3.05, 3.63) is 51.2 Å². The largest absolute Gasteiger partial charge is 0.372 e. The Hall–Kier alpha value is -2.76. The summed E-state index contributed by atoms with van der Waals surface area (Å²) in [6.45, 7) is 18.8. The standard InChI is InChI=1S/C28H41N5O/c1-9-13-14-21(10-2)25-26(27-30-24(18(5)6)20(8)28(34)33(27)31-25)29-23-16-15-22(17-19(23)7)32(11-3)12-4/h15-18,21H,9-14H2,1-8H3. The molecule has 0 saturated carbocycles. The van der Waals surface area contributed by atoms with Crippen LogP contribution < -0.4 is 10.5 Å². The van der Waals surface area contributed by atoms with Crippen LogP contribution in [0.1, 0.15) is 95.8 Å². The number of hydrogen-bond acceptors (Lipinski definition) is 5. The molecule has 1 aliphatic rings. The Kier molecular flexibility index (Phi) is 8.45. The monoisotopic (exact) mass is 463 g/mol. The Labute approximate surface area is 204 Å². The summed E-state index contributed by atoms with van der Waals surface area (Å²) in [5.74, 6) is 0.982. The molecule has 0 radical (unpaired) electrons. The van der Waals surface area contributed by atoms with Gasteiger partial charge < -0.3 is 4.90 Å². The normalized spacial score (nSPS) is 15.1. The average molecular weight is 464 g/mol. The summed E-state index contributed by atoms with van der Waals surface area (Å²) in [5.41, 5.74) is 6.27. The minimum Gasteiger partial charge on any atom is -0.372 e. The van der Waals surface area contributed by atoms with Crippen LogP contribution >= 0.6 is 0 Å². The van der Waals surface area contributed by atoms with Gasteiger partial charge in [0, 0.05) is 30.3 Å². The molecule has 2 heterocycles. The first kappa shape index (κ1) is 25.9. The van der Waals surface area contributed by atoms with Crippen LogP contribution in [0.2, 0.25) is 0 Å². The first-order valence-corrected chi connectivity index (χ1v) is 12.9. The smallest absolute Gasteiger partial charge is 0.277 e. The van der Waals surface area contributed by atoms with Gasteiger partial charge in [-0.15, -0.1) is 0 Å². The fourth-order valence-corrected chi connectivity index (χ4v) is 4.73. The van der Waals surface area contributed by atoms with Gasteiger partial charge in [-0.1, -0.05) is 40.5 Å². The summed E-state index contributed by atoms with van der Waals surface area (Å²) >= 11 is 0. The van der Waals surface area contributed by atoms with Gasteiger partial charge >= 0.3 is 0 Å². The molecule has 0 bridgehead atoms. The zero-order valence-electron chi connectivity index (χ0n) is 22.3. The predicted octanol–water partition coefficient (Wildman–Crippen LogP) is 6.38. The molecule has 0 amide bonds. The van der Waals surface area contributed by atoms with Crippen molar-refractivity contribution in [1.82, 2.24) is 9.66 Å². The molecule has 184 valence electrons. The number of unbranched alkanes of at least 4 members (excludes halogenated alkanes) is 1. The van der Waals surface area contributed by atoms with E-state index in [-0.39, 0.29) is 17.4 Å². The number of rotatable bonds is 10. The summed E-state index contributed by atoms with van der Waals surface area (Å²) in [7, 11) is 0. The zero-order valence-corrected chi connectivity index (χ0v) is 22.3. The summed E-state index contributed by atoms with van der Waals surface area (Å²) in [5, 5.41) is 4.84. The van der Waals surface area contributed by atoms with Crippen molar-refractivity contribution >= 4 is 22.8 Å². The molecule has 0 saturated heterocycles. The van der Waals surface area contributed by atoms with E-state index in [2.05, 4.69) is 71.6 Å². The van der Waals surface area contributed by atoms with Crippen LogP contribution in [-0.4, -0.2) is 34.2 Å². The molecule has 1 aromatic carbocycles. The van der Waals surface area contributed by atoms with Gasteiger partial charge in [0.25, 0.3) is 5.56 Å². The number of fused-ring (bicyclic) bond motifs is 1. The summed E-state index contributed by atoms with van der Waals surface area (Å²) < 4.78 is 1.49. The van der Waals surface area contributed by atoms with E-state index in [0.717, 1.165) is 67.1 Å². The number of aliphatic imine (C=N–C) groups is 1. The molecule has 2 aromatic rings. The third-order valence-electron chi connectivity index (χ3n) is 6.86. The summed E-state index contributed by atoms with van der Waals surface area (Å²) in [6, 6.07) is 6.41. The Morgan fingerprint density at radius 3 is 2.35 bits per heavy atom. The van der Waals surface area contributed by atoms with E-state index < -0.39 is 0 Å². The lowest BCUT2D eigenvalue weighted by molar-refractivity contribution is 0.569. The topological polar surface area (TPSA) is 62.9 Å². The van der Waals surface area contributed by atoms with Crippen LogP contribution in [0.15, 0.2) is 33.1 Å². The second-order valence-corrected chi connectivity index (χ2v) is 9.55. The van der Waals surface area contributed by atoms with Crippen molar-refractivity contribution in [2.24, 2.45) is 16.0 Å². The maximum Gasteiger partial charge on any atom is 0.277 e. The summed E-state index contributed by atoms with van der Waals surface area (Å²) in [4.78, 5) is 25.7. The fraction of sp³-hybridized carbons (Fsp3) is 0.571. The van der Waals surface area contributed by atoms with E-state index in [1.165, 1.54) is 10.4 Å². The van der Waals surface area contributed by atoms with E-state index in [9.17, 15) is 4.79 Å². The quantitative estimate of drug-likeness (QED) is 0.410. The molecule has 6 heteroatoms. The van der Waals surface area contributed by atoms with Crippen LogP contribution in [0.3, 0.4) is 0 Å². The van der Waals surface area contributed by atoms with Gasteiger partial charge in [0.1, 0.15) is 5.71 Å². The van der Waals surface area contributed by atoms with Gasteiger partial charge in [-0.3, -0.25) is 4.79 Å². The third-order valence-corrected chi connectivity index (χ3v) is 6.86. The first-order valence-electron chi connectivity index (χ1n) is 12.9. The Bertz CT molecular complexity index is 1140. The van der Waals surface area contributed by atoms with Gasteiger partial charge in [-0.05, 0) is 70.2 Å². The number of nitrogens with zero attached hydrogens (tertiary/aromatic N) is 5. The second kappa shape index (κ2) is 11.1. The van der Waals surface area contributed by atoms with Gasteiger partial charge in [0.15, 0.2) is 5.82 Å². The van der Waals surface area contributed by atoms with Crippen LogP contribution in [-0.2, 0) is 0 Å². The Morgan fingerprint density at radius 2 is 1.79 bits per heavy atom. The van der Waals surface area contributed by atoms with Crippen LogP contribution in [0.25, 0.3) is 0 Å². The predicted molar refractivity (Wildman–Crippen MR) is 144 cm³/mol. The molecule has 1 aliphatic heterocycles. The maximum atomic E-state index is 13.3. The lowest BCUT2D eigenvalue weighted by Crippen LogP contribution is -2.27. The van der Waals surface area contributed by atoms with Crippen LogP contribution in [0.5, 0.6) is 0 Å². The number of hydrogen-bond donors (Lipinski definition) is 0. The SMILES string of the molecule is CCCCC(CC)C1=Nn2c(nc(C(C)C)c(C)c2=O)C1=Nc1ccc(N(CC)CC)cc1C. The Morgan fingerprint density at radius 1 is 1.09 bits per heavy atom. The molecule has 0 fully saturated rings. The van der Waals surface area contributed by atoms with Gasteiger partial charge in [0.2, 0.25) is 0 Å². The van der Waals surface area contributed by atoms with Gasteiger partial charge in [0.05, 0.1) is 17.1 Å². The molecule has 3 rings (SSSR count). The molecule has 34 heavy (non-hydrogen) atoms. The lowest BCUT2D eigenvalue weighted by atomic mass is 9.91. The molecule has 1 atom stereocenters. The molecular formula is C28H41N5O. The van der Waals surface area contributed by atoms with Crippen molar-refractivity contribution in [2.75, 3.05) is 18.0 Å². The van der Waals surface area contributed by atoms with Crippen molar-refractivity contribution in [3.8, 4) is 0 Å². The highest BCUT2D eigenvalue weighted by atomic mass is 16.1. The highest BCUT2D eigenvalue weighted by molar-refractivity contribution is 6.49. The van der Waals surface area contributed by atoms with E-state index in [4.69, 9.17) is 15.1 Å². The minimum atomic E-state index is -0.0876. The van der Waals surface area contributed by atoms with Crippen molar-refractivity contribution < 1.29 is 0 Å². The average Bonchev–Trinajstić information content (AvgIpc) is 3.17.